The molecule has 76 valence electrons. The van der Waals surface area contributed by atoms with Crippen LogP contribution in [0.5, 0.6) is 0 Å². The number of nitrogens with zero attached hydrogens (tertiary/aromatic N) is 3. The average molecular weight is 222 g/mol. The van der Waals surface area contributed by atoms with Crippen molar-refractivity contribution in [2.45, 2.75) is 0 Å². The summed E-state index contributed by atoms with van der Waals surface area (Å²) in [5, 5.41) is 0.522. The van der Waals surface area contributed by atoms with Crippen molar-refractivity contribution in [3.05, 3.63) is 35.8 Å². The third-order valence-electron chi connectivity index (χ3n) is 1.95. The molecule has 1 aliphatic rings. The van der Waals surface area contributed by atoms with Crippen LogP contribution in [-0.2, 0) is 4.79 Å². The zero-order chi connectivity index (χ0) is 10.7. The smallest absolute Gasteiger partial charge is 0.269 e. The standard InChI is InChI=1S/C10H8ClN3O/c11-8-5-13-6-10(15)14(7-8)9-1-3-12-4-2-9/h1-6H,7H2. The van der Waals surface area contributed by atoms with Gasteiger partial charge >= 0.3 is 0 Å². The number of amides is 1. The average Bonchev–Trinajstić information content (AvgIpc) is 2.42. The van der Waals surface area contributed by atoms with Crippen LogP contribution in [0.4, 0.5) is 5.69 Å². The van der Waals surface area contributed by atoms with E-state index in [0.29, 0.717) is 11.6 Å². The topological polar surface area (TPSA) is 45.6 Å². The van der Waals surface area contributed by atoms with E-state index in [1.165, 1.54) is 17.3 Å². The van der Waals surface area contributed by atoms with Crippen molar-refractivity contribution in [1.82, 2.24) is 4.98 Å². The van der Waals surface area contributed by atoms with Crippen molar-refractivity contribution < 1.29 is 4.79 Å². The fourth-order valence-electron chi connectivity index (χ4n) is 1.26. The molecular formula is C10H8ClN3O. The number of halogens is 1. The number of hydrogen-bond donors (Lipinski definition) is 0. The quantitative estimate of drug-likeness (QED) is 0.723. The Morgan fingerprint density at radius 3 is 2.80 bits per heavy atom. The number of carbonyl (C=O) groups is 1. The lowest BCUT2D eigenvalue weighted by Gasteiger charge is -2.18. The first-order valence-electron chi connectivity index (χ1n) is 4.36. The molecule has 0 saturated heterocycles. The summed E-state index contributed by atoms with van der Waals surface area (Å²) in [7, 11) is 0. The summed E-state index contributed by atoms with van der Waals surface area (Å²) in [6, 6.07) is 3.50. The third-order valence-corrected chi connectivity index (χ3v) is 2.17. The minimum atomic E-state index is -0.187. The van der Waals surface area contributed by atoms with E-state index in [9.17, 15) is 4.79 Å². The van der Waals surface area contributed by atoms with Crippen LogP contribution < -0.4 is 4.90 Å². The normalized spacial score (nSPS) is 16.2. The van der Waals surface area contributed by atoms with Gasteiger partial charge in [0, 0.05) is 24.3 Å². The maximum absolute atomic E-state index is 11.6. The first kappa shape index (κ1) is 9.86. The zero-order valence-electron chi connectivity index (χ0n) is 7.80. The van der Waals surface area contributed by atoms with E-state index >= 15 is 0 Å². The Labute approximate surface area is 91.9 Å². The van der Waals surface area contributed by atoms with E-state index < -0.39 is 0 Å². The number of anilines is 1. The van der Waals surface area contributed by atoms with Gasteiger partial charge in [0.05, 0.1) is 17.8 Å². The monoisotopic (exact) mass is 221 g/mol. The Morgan fingerprint density at radius 1 is 1.33 bits per heavy atom. The molecule has 0 aliphatic carbocycles. The van der Waals surface area contributed by atoms with Crippen LogP contribution in [0.1, 0.15) is 0 Å². The lowest BCUT2D eigenvalue weighted by atomic mass is 10.3. The SMILES string of the molecule is O=C1C=NC=C(Cl)CN1c1ccncc1. The molecule has 1 amide bonds. The molecule has 0 aromatic carbocycles. The van der Waals surface area contributed by atoms with Crippen molar-refractivity contribution in [3.8, 4) is 0 Å². The minimum Gasteiger partial charge on any atom is -0.302 e. The molecule has 15 heavy (non-hydrogen) atoms. The molecule has 0 N–H and O–H groups in total. The van der Waals surface area contributed by atoms with E-state index in [-0.39, 0.29) is 5.91 Å². The molecule has 2 rings (SSSR count). The lowest BCUT2D eigenvalue weighted by Crippen LogP contribution is -2.31. The van der Waals surface area contributed by atoms with Crippen molar-refractivity contribution >= 4 is 29.4 Å². The molecule has 0 bridgehead atoms. The highest BCUT2D eigenvalue weighted by Gasteiger charge is 2.16. The van der Waals surface area contributed by atoms with Crippen molar-refractivity contribution in [2.75, 3.05) is 11.4 Å². The fraction of sp³-hybridized carbons (Fsp3) is 0.100. The molecule has 0 atom stereocenters. The van der Waals surface area contributed by atoms with E-state index in [1.54, 1.807) is 24.5 Å². The molecule has 0 saturated carbocycles. The van der Waals surface area contributed by atoms with Crippen LogP contribution in [0.15, 0.2) is 40.8 Å². The Hall–Kier alpha value is -1.68. The highest BCUT2D eigenvalue weighted by molar-refractivity contribution is 6.36. The number of rotatable bonds is 1. The Morgan fingerprint density at radius 2 is 2.07 bits per heavy atom. The van der Waals surface area contributed by atoms with Gasteiger partial charge in [-0.15, -0.1) is 0 Å². The minimum absolute atomic E-state index is 0.187. The summed E-state index contributed by atoms with van der Waals surface area (Å²) < 4.78 is 0. The predicted octanol–water partition coefficient (Wildman–Crippen LogP) is 1.58. The number of hydrogen-bond acceptors (Lipinski definition) is 3. The number of pyridine rings is 1. The molecular weight excluding hydrogens is 214 g/mol. The van der Waals surface area contributed by atoms with Gasteiger partial charge in [-0.2, -0.15) is 0 Å². The Kier molecular flexibility index (Phi) is 2.78. The molecule has 1 aromatic rings. The molecule has 0 spiro atoms. The predicted molar refractivity (Wildman–Crippen MR) is 59.0 cm³/mol. The van der Waals surface area contributed by atoms with Crippen LogP contribution >= 0.6 is 11.6 Å². The molecule has 1 aliphatic heterocycles. The Bertz CT molecular complexity index is 428. The first-order chi connectivity index (χ1) is 7.27. The molecule has 0 unspecified atom stereocenters. The summed E-state index contributed by atoms with van der Waals surface area (Å²) in [5.41, 5.74) is 0.759. The molecule has 4 nitrogen and oxygen atoms in total. The zero-order valence-corrected chi connectivity index (χ0v) is 8.55. The van der Waals surface area contributed by atoms with Gasteiger partial charge < -0.3 is 4.90 Å². The van der Waals surface area contributed by atoms with Gasteiger partial charge in [0.1, 0.15) is 0 Å². The fourth-order valence-corrected chi connectivity index (χ4v) is 1.44. The molecule has 5 heteroatoms. The van der Waals surface area contributed by atoms with E-state index in [1.807, 2.05) is 0 Å². The van der Waals surface area contributed by atoms with Crippen LogP contribution in [0.25, 0.3) is 0 Å². The Balaban J connectivity index is 2.32. The van der Waals surface area contributed by atoms with Crippen LogP contribution in [-0.4, -0.2) is 23.7 Å². The summed E-state index contributed by atoms with van der Waals surface area (Å²) in [5.74, 6) is -0.187. The number of carbonyl (C=O) groups excluding carboxylic acids is 1. The second-order valence-corrected chi connectivity index (χ2v) is 3.47. The number of aromatic nitrogens is 1. The highest BCUT2D eigenvalue weighted by atomic mass is 35.5. The van der Waals surface area contributed by atoms with Crippen molar-refractivity contribution in [2.24, 2.45) is 4.99 Å². The molecule has 0 fully saturated rings. The third kappa shape index (κ3) is 2.22. The second-order valence-electron chi connectivity index (χ2n) is 2.98. The highest BCUT2D eigenvalue weighted by Crippen LogP contribution is 2.17. The van der Waals surface area contributed by atoms with Gasteiger partial charge in [-0.25, -0.2) is 0 Å². The second kappa shape index (κ2) is 4.23. The largest absolute Gasteiger partial charge is 0.302 e. The van der Waals surface area contributed by atoms with Gasteiger partial charge in [0.2, 0.25) is 0 Å². The maximum atomic E-state index is 11.6. The molecule has 2 heterocycles. The molecule has 1 aromatic heterocycles. The summed E-state index contributed by atoms with van der Waals surface area (Å²) in [6.45, 7) is 0.338. The van der Waals surface area contributed by atoms with Gasteiger partial charge in [0.15, 0.2) is 0 Å². The number of aliphatic imine (C=N–C) groups is 1. The maximum Gasteiger partial charge on any atom is 0.269 e. The summed E-state index contributed by atoms with van der Waals surface area (Å²) >= 11 is 5.87. The van der Waals surface area contributed by atoms with Crippen molar-refractivity contribution in [3.63, 3.8) is 0 Å². The van der Waals surface area contributed by atoms with Crippen LogP contribution in [0.2, 0.25) is 0 Å². The van der Waals surface area contributed by atoms with Crippen LogP contribution in [0.3, 0.4) is 0 Å². The van der Waals surface area contributed by atoms with E-state index in [0.717, 1.165) is 5.69 Å². The van der Waals surface area contributed by atoms with Crippen LogP contribution in [0, 0.1) is 0 Å². The van der Waals surface area contributed by atoms with E-state index in [2.05, 4.69) is 9.98 Å². The first-order valence-corrected chi connectivity index (χ1v) is 4.74. The molecule has 0 radical (unpaired) electrons. The van der Waals surface area contributed by atoms with Gasteiger partial charge in [-0.1, -0.05) is 11.6 Å². The van der Waals surface area contributed by atoms with Gasteiger partial charge in [-0.05, 0) is 12.1 Å². The van der Waals surface area contributed by atoms with Crippen molar-refractivity contribution in [1.29, 1.82) is 0 Å². The summed E-state index contributed by atoms with van der Waals surface area (Å²) in [4.78, 5) is 20.8. The van der Waals surface area contributed by atoms with Gasteiger partial charge in [0.25, 0.3) is 5.91 Å². The summed E-state index contributed by atoms with van der Waals surface area (Å²) in [6.07, 6.45) is 5.97. The van der Waals surface area contributed by atoms with E-state index in [4.69, 9.17) is 11.6 Å². The van der Waals surface area contributed by atoms with Gasteiger partial charge in [-0.3, -0.25) is 14.8 Å². The lowest BCUT2D eigenvalue weighted by molar-refractivity contribution is -0.112.